The van der Waals surface area contributed by atoms with E-state index in [0.29, 0.717) is 36.5 Å². The maximum Gasteiger partial charge on any atom is 0.311 e. The highest BCUT2D eigenvalue weighted by Gasteiger charge is 2.20. The molecule has 8 nitrogen and oxygen atoms in total. The Bertz CT molecular complexity index is 909. The molecule has 148 valence electrons. The number of fused-ring (bicyclic) bond motifs is 1. The Morgan fingerprint density at radius 3 is 2.68 bits per heavy atom. The normalized spacial score (nSPS) is 10.9. The van der Waals surface area contributed by atoms with Gasteiger partial charge in [0.25, 0.3) is 5.22 Å². The minimum absolute atomic E-state index is 0.0285. The fraction of sp³-hybridized carbons (Fsp3) is 0.368. The summed E-state index contributed by atoms with van der Waals surface area (Å²) in [6.45, 7) is 5.94. The number of pyridine rings is 1. The molecule has 0 bridgehead atoms. The van der Waals surface area contributed by atoms with E-state index in [4.69, 9.17) is 4.42 Å². The lowest BCUT2D eigenvalue weighted by Crippen LogP contribution is -2.24. The van der Waals surface area contributed by atoms with E-state index in [2.05, 4.69) is 15.3 Å². The number of nitro groups is 1. The second kappa shape index (κ2) is 9.41. The van der Waals surface area contributed by atoms with Crippen LogP contribution in [-0.2, 0) is 0 Å². The summed E-state index contributed by atoms with van der Waals surface area (Å²) in [5, 5.41) is 15.2. The Morgan fingerprint density at radius 1 is 1.18 bits per heavy atom. The minimum atomic E-state index is -0.387. The maximum atomic E-state index is 11.3. The van der Waals surface area contributed by atoms with Gasteiger partial charge in [0.05, 0.1) is 4.92 Å². The highest BCUT2D eigenvalue weighted by atomic mass is 32.2. The number of hydrogen-bond acceptors (Lipinski definition) is 8. The molecule has 28 heavy (non-hydrogen) atoms. The Kier molecular flexibility index (Phi) is 6.70. The SMILES string of the molecule is CCN(CC)c1nc(NCCCSc2nc3ccccc3o2)ccc1[N+](=O)[O-]. The number of anilines is 2. The van der Waals surface area contributed by atoms with E-state index in [-0.39, 0.29) is 10.6 Å². The van der Waals surface area contributed by atoms with E-state index in [1.54, 1.807) is 17.8 Å². The Balaban J connectivity index is 1.54. The van der Waals surface area contributed by atoms with E-state index < -0.39 is 0 Å². The van der Waals surface area contributed by atoms with E-state index >= 15 is 0 Å². The molecule has 0 amide bonds. The monoisotopic (exact) mass is 401 g/mol. The van der Waals surface area contributed by atoms with Gasteiger partial charge in [-0.2, -0.15) is 0 Å². The number of para-hydroxylation sites is 2. The lowest BCUT2D eigenvalue weighted by molar-refractivity contribution is -0.384. The van der Waals surface area contributed by atoms with Gasteiger partial charge in [0.15, 0.2) is 5.58 Å². The van der Waals surface area contributed by atoms with Crippen molar-refractivity contribution in [3.8, 4) is 0 Å². The van der Waals surface area contributed by atoms with Crippen molar-refractivity contribution in [3.05, 3.63) is 46.5 Å². The third-order valence-corrected chi connectivity index (χ3v) is 5.16. The van der Waals surface area contributed by atoms with E-state index in [0.717, 1.165) is 23.3 Å². The predicted octanol–water partition coefficient (Wildman–Crippen LogP) is 4.57. The van der Waals surface area contributed by atoms with Gasteiger partial charge >= 0.3 is 5.69 Å². The molecule has 9 heteroatoms. The molecule has 1 aromatic carbocycles. The van der Waals surface area contributed by atoms with Crippen molar-refractivity contribution in [2.75, 3.05) is 35.6 Å². The number of benzene rings is 1. The summed E-state index contributed by atoms with van der Waals surface area (Å²) in [5.74, 6) is 1.88. The molecule has 0 radical (unpaired) electrons. The molecule has 0 aliphatic rings. The number of nitrogens with one attached hydrogen (secondary N) is 1. The fourth-order valence-electron chi connectivity index (χ4n) is 2.80. The fourth-order valence-corrected chi connectivity index (χ4v) is 3.57. The second-order valence-electron chi connectivity index (χ2n) is 6.04. The molecule has 0 saturated carbocycles. The van der Waals surface area contributed by atoms with Gasteiger partial charge in [0.2, 0.25) is 5.82 Å². The van der Waals surface area contributed by atoms with Crippen LogP contribution in [0.1, 0.15) is 20.3 Å². The number of oxazole rings is 1. The standard InChI is InChI=1S/C19H23N5O3S/c1-3-23(4-2)18-15(24(25)26)10-11-17(22-18)20-12-7-13-28-19-21-14-8-5-6-9-16(14)27-19/h5-6,8-11H,3-4,7,12-13H2,1-2H3,(H,20,22). The van der Waals surface area contributed by atoms with Gasteiger partial charge in [0.1, 0.15) is 11.3 Å². The summed E-state index contributed by atoms with van der Waals surface area (Å²) in [6, 6.07) is 10.9. The first-order chi connectivity index (χ1) is 13.6. The molecule has 1 N–H and O–H groups in total. The molecule has 2 aromatic heterocycles. The molecule has 0 aliphatic carbocycles. The Hall–Kier alpha value is -2.81. The van der Waals surface area contributed by atoms with Crippen molar-refractivity contribution < 1.29 is 9.34 Å². The van der Waals surface area contributed by atoms with Crippen LogP contribution in [0.4, 0.5) is 17.3 Å². The van der Waals surface area contributed by atoms with Crippen LogP contribution < -0.4 is 10.2 Å². The molecule has 0 unspecified atom stereocenters. The van der Waals surface area contributed by atoms with Gasteiger partial charge < -0.3 is 14.6 Å². The van der Waals surface area contributed by atoms with Gasteiger partial charge in [-0.25, -0.2) is 9.97 Å². The zero-order chi connectivity index (χ0) is 19.9. The molecular weight excluding hydrogens is 378 g/mol. The van der Waals surface area contributed by atoms with Crippen LogP contribution in [0.15, 0.2) is 46.0 Å². The first-order valence-corrected chi connectivity index (χ1v) is 10.2. The van der Waals surface area contributed by atoms with Crippen LogP contribution in [0.5, 0.6) is 0 Å². The number of nitrogens with zero attached hydrogens (tertiary/aromatic N) is 4. The summed E-state index contributed by atoms with van der Waals surface area (Å²) in [7, 11) is 0. The zero-order valence-corrected chi connectivity index (χ0v) is 16.7. The van der Waals surface area contributed by atoms with Gasteiger partial charge in [-0.1, -0.05) is 23.9 Å². The lowest BCUT2D eigenvalue weighted by Gasteiger charge is -2.20. The van der Waals surface area contributed by atoms with Crippen LogP contribution in [-0.4, -0.2) is 40.3 Å². The number of rotatable bonds is 10. The minimum Gasteiger partial charge on any atom is -0.431 e. The molecular formula is C19H23N5O3S. The van der Waals surface area contributed by atoms with Gasteiger partial charge in [-0.15, -0.1) is 0 Å². The van der Waals surface area contributed by atoms with Crippen LogP contribution in [0.25, 0.3) is 11.1 Å². The topological polar surface area (TPSA) is 97.3 Å². The maximum absolute atomic E-state index is 11.3. The smallest absolute Gasteiger partial charge is 0.311 e. The predicted molar refractivity (Wildman–Crippen MR) is 112 cm³/mol. The quantitative estimate of drug-likeness (QED) is 0.228. The number of hydrogen-bond donors (Lipinski definition) is 1. The van der Waals surface area contributed by atoms with Gasteiger partial charge in [-0.05, 0) is 38.5 Å². The third kappa shape index (κ3) is 4.72. The van der Waals surface area contributed by atoms with Crippen LogP contribution in [0, 0.1) is 10.1 Å². The highest BCUT2D eigenvalue weighted by molar-refractivity contribution is 7.99. The molecule has 0 saturated heterocycles. The number of thioether (sulfide) groups is 1. The van der Waals surface area contributed by atoms with E-state index in [1.165, 1.54) is 6.07 Å². The summed E-state index contributed by atoms with van der Waals surface area (Å²) in [6.07, 6.45) is 0.878. The van der Waals surface area contributed by atoms with Crippen molar-refractivity contribution in [2.45, 2.75) is 25.5 Å². The van der Waals surface area contributed by atoms with Crippen molar-refractivity contribution >= 4 is 40.2 Å². The highest BCUT2D eigenvalue weighted by Crippen LogP contribution is 2.28. The molecule has 3 aromatic rings. The van der Waals surface area contributed by atoms with E-state index in [9.17, 15) is 10.1 Å². The van der Waals surface area contributed by atoms with Gasteiger partial charge in [-0.3, -0.25) is 10.1 Å². The molecule has 0 spiro atoms. The lowest BCUT2D eigenvalue weighted by atomic mass is 10.3. The summed E-state index contributed by atoms with van der Waals surface area (Å²) in [5.41, 5.74) is 1.69. The molecule has 3 rings (SSSR count). The molecule has 0 aliphatic heterocycles. The Labute approximate surface area is 167 Å². The van der Waals surface area contributed by atoms with Crippen molar-refractivity contribution in [1.29, 1.82) is 0 Å². The number of aromatic nitrogens is 2. The van der Waals surface area contributed by atoms with Crippen LogP contribution >= 0.6 is 11.8 Å². The largest absolute Gasteiger partial charge is 0.431 e. The molecule has 0 fully saturated rings. The van der Waals surface area contributed by atoms with Crippen molar-refractivity contribution in [1.82, 2.24) is 9.97 Å². The average Bonchev–Trinajstić information content (AvgIpc) is 3.11. The van der Waals surface area contributed by atoms with Crippen LogP contribution in [0.2, 0.25) is 0 Å². The molecule has 2 heterocycles. The first-order valence-electron chi connectivity index (χ1n) is 9.25. The van der Waals surface area contributed by atoms with Crippen molar-refractivity contribution in [3.63, 3.8) is 0 Å². The summed E-state index contributed by atoms with van der Waals surface area (Å²) < 4.78 is 5.68. The first kappa shape index (κ1) is 19.9. The van der Waals surface area contributed by atoms with Gasteiger partial charge in [0, 0.05) is 31.5 Å². The van der Waals surface area contributed by atoms with E-state index in [1.807, 2.05) is 43.0 Å². The summed E-state index contributed by atoms with van der Waals surface area (Å²) >= 11 is 1.57. The average molecular weight is 401 g/mol. The van der Waals surface area contributed by atoms with Crippen molar-refractivity contribution in [2.24, 2.45) is 0 Å². The Morgan fingerprint density at radius 2 is 1.96 bits per heavy atom. The third-order valence-electron chi connectivity index (χ3n) is 4.24. The second-order valence-corrected chi connectivity index (χ2v) is 7.09. The zero-order valence-electron chi connectivity index (χ0n) is 15.9. The van der Waals surface area contributed by atoms with Crippen LogP contribution in [0.3, 0.4) is 0 Å². The summed E-state index contributed by atoms with van der Waals surface area (Å²) in [4.78, 5) is 21.7. The molecule has 0 atom stereocenters.